The SMILES string of the molecule is CC.CC.CCC(CC)C1CN(NC)c2ccccc21.CCCC. The van der Waals surface area contributed by atoms with Gasteiger partial charge in [0.2, 0.25) is 0 Å². The van der Waals surface area contributed by atoms with Crippen molar-refractivity contribution in [3.63, 3.8) is 0 Å². The number of fused-ring (bicyclic) bond motifs is 1. The first-order valence-corrected chi connectivity index (χ1v) is 10.3. The van der Waals surface area contributed by atoms with Crippen molar-refractivity contribution in [2.75, 3.05) is 18.6 Å². The molecule has 2 nitrogen and oxygen atoms in total. The van der Waals surface area contributed by atoms with Crippen LogP contribution in [0.2, 0.25) is 0 Å². The van der Waals surface area contributed by atoms with Crippen LogP contribution in [-0.4, -0.2) is 13.6 Å². The Morgan fingerprint density at radius 3 is 1.88 bits per heavy atom. The van der Waals surface area contributed by atoms with Crippen LogP contribution in [0.15, 0.2) is 24.3 Å². The van der Waals surface area contributed by atoms with Crippen molar-refractivity contribution in [3.05, 3.63) is 29.8 Å². The molecule has 0 amide bonds. The summed E-state index contributed by atoms with van der Waals surface area (Å²) in [5.74, 6) is 1.50. The molecule has 2 heteroatoms. The molecule has 0 saturated heterocycles. The van der Waals surface area contributed by atoms with Gasteiger partial charge in [-0.15, -0.1) is 0 Å². The molecule has 1 aromatic carbocycles. The lowest BCUT2D eigenvalue weighted by atomic mass is 9.84. The van der Waals surface area contributed by atoms with Gasteiger partial charge < -0.3 is 5.01 Å². The zero-order chi connectivity index (χ0) is 19.0. The van der Waals surface area contributed by atoms with Crippen LogP contribution in [0.3, 0.4) is 0 Å². The summed E-state index contributed by atoms with van der Waals surface area (Å²) in [4.78, 5) is 0. The highest BCUT2D eigenvalue weighted by molar-refractivity contribution is 5.59. The number of anilines is 1. The highest BCUT2D eigenvalue weighted by Crippen LogP contribution is 2.41. The van der Waals surface area contributed by atoms with Crippen LogP contribution in [0.1, 0.15) is 92.6 Å². The highest BCUT2D eigenvalue weighted by atomic mass is 15.5. The Morgan fingerprint density at radius 1 is 0.958 bits per heavy atom. The maximum absolute atomic E-state index is 3.29. The minimum atomic E-state index is 0.693. The predicted molar refractivity (Wildman–Crippen MR) is 113 cm³/mol. The van der Waals surface area contributed by atoms with Gasteiger partial charge in [-0.25, -0.2) is 5.43 Å². The van der Waals surface area contributed by atoms with Crippen LogP contribution in [0.25, 0.3) is 0 Å². The number of hydrogen-bond donors (Lipinski definition) is 1. The van der Waals surface area contributed by atoms with Crippen LogP contribution < -0.4 is 10.4 Å². The van der Waals surface area contributed by atoms with Crippen LogP contribution >= 0.6 is 0 Å². The van der Waals surface area contributed by atoms with Gasteiger partial charge in [-0.2, -0.15) is 0 Å². The molecular weight excluding hydrogens is 292 g/mol. The van der Waals surface area contributed by atoms with Gasteiger partial charge >= 0.3 is 0 Å². The minimum Gasteiger partial charge on any atom is -0.308 e. The monoisotopic (exact) mass is 336 g/mol. The second-order valence-corrected chi connectivity index (χ2v) is 5.58. The molecule has 0 aliphatic carbocycles. The first-order valence-electron chi connectivity index (χ1n) is 10.3. The van der Waals surface area contributed by atoms with E-state index in [1.54, 1.807) is 0 Å². The summed E-state index contributed by atoms with van der Waals surface area (Å²) in [6.45, 7) is 18.1. The summed E-state index contributed by atoms with van der Waals surface area (Å²) in [5, 5.41) is 2.28. The number of nitrogens with zero attached hydrogens (tertiary/aromatic N) is 1. The highest BCUT2D eigenvalue weighted by Gasteiger charge is 2.31. The topological polar surface area (TPSA) is 15.3 Å². The average molecular weight is 337 g/mol. The molecule has 24 heavy (non-hydrogen) atoms. The fourth-order valence-corrected chi connectivity index (χ4v) is 2.91. The molecule has 0 radical (unpaired) electrons. The average Bonchev–Trinajstić information content (AvgIpc) is 3.05. The first-order chi connectivity index (χ1) is 11.7. The molecule has 0 fully saturated rings. The van der Waals surface area contributed by atoms with E-state index in [4.69, 9.17) is 0 Å². The lowest BCUT2D eigenvalue weighted by Crippen LogP contribution is -2.34. The van der Waals surface area contributed by atoms with E-state index >= 15 is 0 Å². The summed E-state index contributed by atoms with van der Waals surface area (Å²) in [7, 11) is 2.01. The summed E-state index contributed by atoms with van der Waals surface area (Å²) < 4.78 is 0. The Kier molecular flexibility index (Phi) is 17.7. The van der Waals surface area contributed by atoms with Gasteiger partial charge in [0.25, 0.3) is 0 Å². The van der Waals surface area contributed by atoms with E-state index in [0.29, 0.717) is 5.92 Å². The molecule has 0 aromatic heterocycles. The van der Waals surface area contributed by atoms with E-state index in [9.17, 15) is 0 Å². The molecule has 0 spiro atoms. The quantitative estimate of drug-likeness (QED) is 0.621. The number of para-hydroxylation sites is 1. The molecule has 0 bridgehead atoms. The summed E-state index contributed by atoms with van der Waals surface area (Å²) in [6.07, 6.45) is 5.18. The van der Waals surface area contributed by atoms with Gasteiger partial charge in [0, 0.05) is 19.5 Å². The molecule has 1 atom stereocenters. The number of hydrazine groups is 1. The Balaban J connectivity index is 0. The van der Waals surface area contributed by atoms with Crippen molar-refractivity contribution < 1.29 is 0 Å². The largest absolute Gasteiger partial charge is 0.308 e. The third kappa shape index (κ3) is 7.70. The summed E-state index contributed by atoms with van der Waals surface area (Å²) in [6, 6.07) is 8.79. The Hall–Kier alpha value is -1.02. The molecule has 1 N–H and O–H groups in total. The van der Waals surface area contributed by atoms with Gasteiger partial charge in [0.1, 0.15) is 0 Å². The van der Waals surface area contributed by atoms with E-state index in [2.05, 4.69) is 62.4 Å². The fourth-order valence-electron chi connectivity index (χ4n) is 2.91. The lowest BCUT2D eigenvalue weighted by Gasteiger charge is -2.22. The first kappa shape index (κ1) is 25.2. The maximum atomic E-state index is 3.29. The Bertz CT molecular complexity index is 370. The predicted octanol–water partition coefficient (Wildman–Crippen LogP) is 7.02. The van der Waals surface area contributed by atoms with Crippen LogP contribution in [0.5, 0.6) is 0 Å². The third-order valence-corrected chi connectivity index (χ3v) is 4.39. The number of hydrogen-bond acceptors (Lipinski definition) is 2. The van der Waals surface area contributed by atoms with Gasteiger partial charge in [-0.3, -0.25) is 0 Å². The lowest BCUT2D eigenvalue weighted by molar-refractivity contribution is 0.405. The number of benzene rings is 1. The summed E-state index contributed by atoms with van der Waals surface area (Å²) in [5.41, 5.74) is 6.17. The fraction of sp³-hybridized carbons (Fsp3) is 0.727. The zero-order valence-corrected chi connectivity index (χ0v) is 17.9. The van der Waals surface area contributed by atoms with Gasteiger partial charge in [0.15, 0.2) is 0 Å². The summed E-state index contributed by atoms with van der Waals surface area (Å²) >= 11 is 0. The van der Waals surface area contributed by atoms with Crippen molar-refractivity contribution in [2.24, 2.45) is 5.92 Å². The maximum Gasteiger partial charge on any atom is 0.0555 e. The van der Waals surface area contributed by atoms with Crippen LogP contribution in [-0.2, 0) is 0 Å². The van der Waals surface area contributed by atoms with E-state index in [1.807, 2.05) is 34.7 Å². The Labute approximate surface area is 153 Å². The van der Waals surface area contributed by atoms with Crippen LogP contribution in [0, 0.1) is 5.92 Å². The van der Waals surface area contributed by atoms with Crippen LogP contribution in [0.4, 0.5) is 5.69 Å². The second-order valence-electron chi connectivity index (χ2n) is 5.58. The third-order valence-electron chi connectivity index (χ3n) is 4.39. The van der Waals surface area contributed by atoms with Gasteiger partial charge in [0.05, 0.1) is 5.69 Å². The molecule has 1 aliphatic rings. The van der Waals surface area contributed by atoms with Gasteiger partial charge in [-0.05, 0) is 17.5 Å². The van der Waals surface area contributed by atoms with E-state index in [1.165, 1.54) is 36.9 Å². The molecule has 2 rings (SSSR count). The molecule has 1 unspecified atom stereocenters. The van der Waals surface area contributed by atoms with Crippen molar-refractivity contribution in [2.45, 2.75) is 87.0 Å². The smallest absolute Gasteiger partial charge is 0.0555 e. The zero-order valence-electron chi connectivity index (χ0n) is 17.9. The second kappa shape index (κ2) is 16.8. The van der Waals surface area contributed by atoms with Crippen molar-refractivity contribution in [1.82, 2.24) is 5.43 Å². The standard InChI is InChI=1S/C14H22N2.C4H10.2C2H6/c1-4-11(5-2)13-10-16(15-3)14-9-7-6-8-12(13)14;1-3-4-2;2*1-2/h6-9,11,13,15H,4-5,10H2,1-3H3;3-4H2,1-2H3;2*1-2H3. The van der Waals surface area contributed by atoms with Crippen molar-refractivity contribution in [3.8, 4) is 0 Å². The Morgan fingerprint density at radius 2 is 1.46 bits per heavy atom. The normalized spacial score (nSPS) is 14.6. The van der Waals surface area contributed by atoms with E-state index in [-0.39, 0.29) is 0 Å². The number of unbranched alkanes of at least 4 members (excludes halogenated alkanes) is 1. The number of rotatable bonds is 5. The number of nitrogens with one attached hydrogen (secondary N) is 1. The molecule has 1 aromatic rings. The minimum absolute atomic E-state index is 0.693. The van der Waals surface area contributed by atoms with Crippen molar-refractivity contribution in [1.29, 1.82) is 0 Å². The molecule has 0 saturated carbocycles. The molecule has 1 aliphatic heterocycles. The van der Waals surface area contributed by atoms with E-state index < -0.39 is 0 Å². The molecule has 142 valence electrons. The molecular formula is C22H44N2. The van der Waals surface area contributed by atoms with Crippen molar-refractivity contribution >= 4 is 5.69 Å². The molecule has 1 heterocycles. The van der Waals surface area contributed by atoms with Gasteiger partial charge in [-0.1, -0.05) is 99.3 Å². The van der Waals surface area contributed by atoms with E-state index in [0.717, 1.165) is 12.5 Å².